The third-order valence-corrected chi connectivity index (χ3v) is 3.33. The molecule has 0 aromatic heterocycles. The van der Waals surface area contributed by atoms with E-state index >= 15 is 0 Å². The van der Waals surface area contributed by atoms with Gasteiger partial charge in [0.25, 0.3) is 0 Å². The molecule has 0 unspecified atom stereocenters. The highest BCUT2D eigenvalue weighted by molar-refractivity contribution is 5.93. The van der Waals surface area contributed by atoms with Gasteiger partial charge in [0, 0.05) is 25.2 Å². The summed E-state index contributed by atoms with van der Waals surface area (Å²) in [6.07, 6.45) is 0.862. The van der Waals surface area contributed by atoms with Gasteiger partial charge in [0.15, 0.2) is 0 Å². The van der Waals surface area contributed by atoms with Crippen LogP contribution in [0, 0.1) is 6.92 Å². The first kappa shape index (κ1) is 13.4. The predicted molar refractivity (Wildman–Crippen MR) is 71.0 cm³/mol. The van der Waals surface area contributed by atoms with Crippen LogP contribution in [0.2, 0.25) is 0 Å². The molecule has 6 heteroatoms. The molecule has 1 heterocycles. The number of carbonyl (C=O) groups excluding carboxylic acids is 2. The molecule has 1 saturated heterocycles. The molecule has 1 aliphatic heterocycles. The van der Waals surface area contributed by atoms with Crippen LogP contribution in [0.5, 0.6) is 0 Å². The number of hydrogen-bond acceptors (Lipinski definition) is 3. The number of urea groups is 1. The van der Waals surface area contributed by atoms with Gasteiger partial charge in [0.1, 0.15) is 0 Å². The Morgan fingerprint density at radius 3 is 2.74 bits per heavy atom. The summed E-state index contributed by atoms with van der Waals surface area (Å²) in [6.45, 7) is 3.69. The first-order valence-electron chi connectivity index (χ1n) is 6.19. The average Bonchev–Trinajstić information content (AvgIpc) is 2.37. The SMILES string of the molecule is Cc1cc(C(N)=O)ccc1CN1CCCN(N)C1=O. The van der Waals surface area contributed by atoms with E-state index < -0.39 is 5.91 Å². The summed E-state index contributed by atoms with van der Waals surface area (Å²) in [5.74, 6) is 5.16. The van der Waals surface area contributed by atoms with Gasteiger partial charge in [-0.15, -0.1) is 0 Å². The number of amides is 3. The van der Waals surface area contributed by atoms with Crippen molar-refractivity contribution >= 4 is 11.9 Å². The van der Waals surface area contributed by atoms with Gasteiger partial charge in [-0.05, 0) is 36.6 Å². The Labute approximate surface area is 111 Å². The Morgan fingerprint density at radius 2 is 2.11 bits per heavy atom. The fourth-order valence-corrected chi connectivity index (χ4v) is 2.18. The minimum Gasteiger partial charge on any atom is -0.366 e. The highest BCUT2D eigenvalue weighted by atomic mass is 16.2. The Balaban J connectivity index is 2.15. The van der Waals surface area contributed by atoms with E-state index in [1.165, 1.54) is 5.01 Å². The zero-order valence-electron chi connectivity index (χ0n) is 10.9. The number of benzene rings is 1. The predicted octanol–water partition coefficient (Wildman–Crippen LogP) is 0.595. The van der Waals surface area contributed by atoms with Crippen molar-refractivity contribution in [2.45, 2.75) is 19.9 Å². The number of nitrogens with zero attached hydrogens (tertiary/aromatic N) is 2. The van der Waals surface area contributed by atoms with E-state index in [2.05, 4.69) is 0 Å². The smallest absolute Gasteiger partial charge is 0.334 e. The van der Waals surface area contributed by atoms with Crippen LogP contribution in [0.3, 0.4) is 0 Å². The van der Waals surface area contributed by atoms with Crippen molar-refractivity contribution in [1.29, 1.82) is 0 Å². The molecule has 6 nitrogen and oxygen atoms in total. The molecule has 0 bridgehead atoms. The normalized spacial score (nSPS) is 15.8. The molecule has 1 aromatic rings. The van der Waals surface area contributed by atoms with Crippen LogP contribution in [-0.2, 0) is 6.54 Å². The number of nitrogens with two attached hydrogens (primary N) is 2. The number of hydrogen-bond donors (Lipinski definition) is 2. The van der Waals surface area contributed by atoms with Crippen molar-refractivity contribution < 1.29 is 9.59 Å². The molecule has 1 fully saturated rings. The Morgan fingerprint density at radius 1 is 1.37 bits per heavy atom. The first-order chi connectivity index (χ1) is 8.99. The van der Waals surface area contributed by atoms with E-state index in [4.69, 9.17) is 11.6 Å². The number of primary amides is 1. The first-order valence-corrected chi connectivity index (χ1v) is 6.19. The maximum atomic E-state index is 11.9. The van der Waals surface area contributed by atoms with Crippen molar-refractivity contribution in [1.82, 2.24) is 9.91 Å². The van der Waals surface area contributed by atoms with Gasteiger partial charge in [0.05, 0.1) is 0 Å². The van der Waals surface area contributed by atoms with Gasteiger partial charge in [-0.3, -0.25) is 9.80 Å². The standard InChI is InChI=1S/C13H18N4O2/c1-9-7-10(12(14)18)3-4-11(9)8-16-5-2-6-17(15)13(16)19/h3-4,7H,2,5-6,8,15H2,1H3,(H2,14,18). The summed E-state index contributed by atoms with van der Waals surface area (Å²) in [5, 5.41) is 1.23. The van der Waals surface area contributed by atoms with Gasteiger partial charge >= 0.3 is 6.03 Å². The van der Waals surface area contributed by atoms with E-state index in [0.29, 0.717) is 25.2 Å². The van der Waals surface area contributed by atoms with Crippen molar-refractivity contribution in [3.05, 3.63) is 34.9 Å². The number of aryl methyl sites for hydroxylation is 1. The summed E-state index contributed by atoms with van der Waals surface area (Å²) >= 11 is 0. The minimum atomic E-state index is -0.447. The molecule has 102 valence electrons. The quantitative estimate of drug-likeness (QED) is 0.617. The second-order valence-electron chi connectivity index (χ2n) is 4.76. The fourth-order valence-electron chi connectivity index (χ4n) is 2.18. The second-order valence-corrected chi connectivity index (χ2v) is 4.76. The summed E-state index contributed by atoms with van der Waals surface area (Å²) in [7, 11) is 0. The molecular weight excluding hydrogens is 244 g/mol. The maximum Gasteiger partial charge on any atom is 0.334 e. The summed E-state index contributed by atoms with van der Waals surface area (Å²) in [4.78, 5) is 24.7. The topological polar surface area (TPSA) is 92.7 Å². The number of rotatable bonds is 3. The highest BCUT2D eigenvalue weighted by Crippen LogP contribution is 2.16. The molecule has 0 saturated carbocycles. The average molecular weight is 262 g/mol. The fraction of sp³-hybridized carbons (Fsp3) is 0.385. The molecule has 4 N–H and O–H groups in total. The second kappa shape index (κ2) is 5.27. The van der Waals surface area contributed by atoms with Crippen LogP contribution in [0.15, 0.2) is 18.2 Å². The Hall–Kier alpha value is -2.08. The lowest BCUT2D eigenvalue weighted by atomic mass is 10.0. The minimum absolute atomic E-state index is 0.162. The van der Waals surface area contributed by atoms with Crippen molar-refractivity contribution in [3.8, 4) is 0 Å². The molecule has 0 radical (unpaired) electrons. The van der Waals surface area contributed by atoms with E-state index in [1.807, 2.05) is 13.0 Å². The lowest BCUT2D eigenvalue weighted by Gasteiger charge is -2.33. The van der Waals surface area contributed by atoms with Crippen LogP contribution in [0.25, 0.3) is 0 Å². The monoisotopic (exact) mass is 262 g/mol. The van der Waals surface area contributed by atoms with E-state index in [1.54, 1.807) is 17.0 Å². The zero-order valence-corrected chi connectivity index (χ0v) is 10.9. The van der Waals surface area contributed by atoms with E-state index in [0.717, 1.165) is 17.5 Å². The zero-order chi connectivity index (χ0) is 14.0. The van der Waals surface area contributed by atoms with Gasteiger partial charge in [-0.2, -0.15) is 0 Å². The van der Waals surface area contributed by atoms with Crippen LogP contribution in [-0.4, -0.2) is 34.9 Å². The maximum absolute atomic E-state index is 11.9. The van der Waals surface area contributed by atoms with Gasteiger partial charge in [-0.25, -0.2) is 10.6 Å². The van der Waals surface area contributed by atoms with Crippen LogP contribution < -0.4 is 11.6 Å². The largest absolute Gasteiger partial charge is 0.366 e. The van der Waals surface area contributed by atoms with Crippen LogP contribution in [0.4, 0.5) is 4.79 Å². The molecular formula is C13H18N4O2. The lowest BCUT2D eigenvalue weighted by molar-refractivity contribution is 0.1000. The van der Waals surface area contributed by atoms with Crippen LogP contribution in [0.1, 0.15) is 27.9 Å². The number of hydrazine groups is 1. The third kappa shape index (κ3) is 2.85. The molecule has 0 atom stereocenters. The van der Waals surface area contributed by atoms with Gasteiger partial charge in [0.2, 0.25) is 5.91 Å². The number of carbonyl (C=O) groups is 2. The summed E-state index contributed by atoms with van der Waals surface area (Å²) < 4.78 is 0. The van der Waals surface area contributed by atoms with E-state index in [9.17, 15) is 9.59 Å². The third-order valence-electron chi connectivity index (χ3n) is 3.33. The molecule has 1 aromatic carbocycles. The molecule has 19 heavy (non-hydrogen) atoms. The molecule has 2 rings (SSSR count). The van der Waals surface area contributed by atoms with E-state index in [-0.39, 0.29) is 6.03 Å². The van der Waals surface area contributed by atoms with Gasteiger partial charge in [-0.1, -0.05) is 6.07 Å². The summed E-state index contributed by atoms with van der Waals surface area (Å²) in [6, 6.07) is 5.09. The Kier molecular flexibility index (Phi) is 3.71. The summed E-state index contributed by atoms with van der Waals surface area (Å²) in [5.41, 5.74) is 7.65. The lowest BCUT2D eigenvalue weighted by Crippen LogP contribution is -2.52. The van der Waals surface area contributed by atoms with Crippen molar-refractivity contribution in [3.63, 3.8) is 0 Å². The van der Waals surface area contributed by atoms with Crippen LogP contribution >= 0.6 is 0 Å². The Bertz CT molecular complexity index is 515. The van der Waals surface area contributed by atoms with Gasteiger partial charge < -0.3 is 10.6 Å². The highest BCUT2D eigenvalue weighted by Gasteiger charge is 2.23. The molecule has 3 amide bonds. The molecule has 0 spiro atoms. The molecule has 1 aliphatic rings. The van der Waals surface area contributed by atoms with Crippen molar-refractivity contribution in [2.75, 3.05) is 13.1 Å². The van der Waals surface area contributed by atoms with Crippen molar-refractivity contribution in [2.24, 2.45) is 11.6 Å². The molecule has 0 aliphatic carbocycles.